The molecule has 1 saturated carbocycles. The summed E-state index contributed by atoms with van der Waals surface area (Å²) in [5.41, 5.74) is 0.380. The van der Waals surface area contributed by atoms with Gasteiger partial charge in [0.1, 0.15) is 12.4 Å². The minimum atomic E-state index is -3.10. The van der Waals surface area contributed by atoms with Crippen molar-refractivity contribution in [3.05, 3.63) is 40.4 Å². The van der Waals surface area contributed by atoms with E-state index in [9.17, 15) is 18.0 Å². The zero-order valence-electron chi connectivity index (χ0n) is 16.0. The first-order chi connectivity index (χ1) is 13.4. The predicted molar refractivity (Wildman–Crippen MR) is 107 cm³/mol. The van der Waals surface area contributed by atoms with Crippen LogP contribution in [0.25, 0.3) is 10.9 Å². The summed E-state index contributed by atoms with van der Waals surface area (Å²) in [7, 11) is -3.10. The Bertz CT molecular complexity index is 1070. The van der Waals surface area contributed by atoms with Crippen molar-refractivity contribution in [2.24, 2.45) is 0 Å². The molecular formula is C20H25N3O4S. The second-order valence-electron chi connectivity index (χ2n) is 7.86. The third kappa shape index (κ3) is 3.57. The fourth-order valence-electron chi connectivity index (χ4n) is 4.56. The molecule has 0 bridgehead atoms. The number of para-hydroxylation sites is 1. The molecule has 1 saturated heterocycles. The van der Waals surface area contributed by atoms with E-state index in [0.717, 1.165) is 25.7 Å². The van der Waals surface area contributed by atoms with Crippen molar-refractivity contribution < 1.29 is 13.2 Å². The van der Waals surface area contributed by atoms with Crippen LogP contribution in [0.1, 0.15) is 37.9 Å². The highest BCUT2D eigenvalue weighted by Gasteiger charge is 2.39. The van der Waals surface area contributed by atoms with E-state index in [2.05, 4.69) is 4.98 Å². The van der Waals surface area contributed by atoms with Gasteiger partial charge in [-0.2, -0.15) is 0 Å². The van der Waals surface area contributed by atoms with Gasteiger partial charge in [-0.25, -0.2) is 13.4 Å². The number of hydrogen-bond acceptors (Lipinski definition) is 5. The third-order valence-corrected chi connectivity index (χ3v) is 7.70. The van der Waals surface area contributed by atoms with Gasteiger partial charge in [-0.05, 0) is 38.3 Å². The number of hydrogen-bond donors (Lipinski definition) is 0. The van der Waals surface area contributed by atoms with E-state index in [4.69, 9.17) is 0 Å². The van der Waals surface area contributed by atoms with Crippen LogP contribution in [0.15, 0.2) is 29.1 Å². The average Bonchev–Trinajstić information content (AvgIpc) is 3.29. The van der Waals surface area contributed by atoms with Crippen LogP contribution in [-0.4, -0.2) is 52.4 Å². The molecule has 1 aliphatic heterocycles. The Kier molecular flexibility index (Phi) is 4.99. The van der Waals surface area contributed by atoms with Crippen LogP contribution in [0.4, 0.5) is 0 Å². The van der Waals surface area contributed by atoms with E-state index in [0.29, 0.717) is 23.1 Å². The molecule has 2 heterocycles. The molecule has 0 radical (unpaired) electrons. The summed E-state index contributed by atoms with van der Waals surface area (Å²) in [4.78, 5) is 32.4. The summed E-state index contributed by atoms with van der Waals surface area (Å²) < 4.78 is 25.4. The molecule has 1 aromatic carbocycles. The third-order valence-electron chi connectivity index (χ3n) is 5.95. The summed E-state index contributed by atoms with van der Waals surface area (Å²) in [5.74, 6) is 0.461. The summed E-state index contributed by atoms with van der Waals surface area (Å²) in [6.07, 6.45) is 4.36. The molecule has 2 aromatic rings. The van der Waals surface area contributed by atoms with Crippen molar-refractivity contribution >= 4 is 26.6 Å². The second kappa shape index (κ2) is 7.31. The zero-order chi connectivity index (χ0) is 19.9. The maximum absolute atomic E-state index is 13.3. The molecule has 0 spiro atoms. The molecule has 1 aromatic heterocycles. The SMILES string of the molecule is Cc1nc2ccccc2c(=O)n1CC(=O)N(C1CCCC1)C1CCS(=O)(=O)C1. The lowest BCUT2D eigenvalue weighted by atomic mass is 10.1. The second-order valence-corrected chi connectivity index (χ2v) is 10.1. The number of carbonyl (C=O) groups is 1. The van der Waals surface area contributed by atoms with Crippen LogP contribution >= 0.6 is 0 Å². The van der Waals surface area contributed by atoms with Crippen LogP contribution in [0.3, 0.4) is 0 Å². The lowest BCUT2D eigenvalue weighted by Gasteiger charge is -2.34. The predicted octanol–water partition coefficient (Wildman–Crippen LogP) is 1.66. The first-order valence-corrected chi connectivity index (χ1v) is 11.7. The highest BCUT2D eigenvalue weighted by atomic mass is 32.2. The van der Waals surface area contributed by atoms with Crippen molar-refractivity contribution in [2.45, 2.75) is 57.7 Å². The van der Waals surface area contributed by atoms with Gasteiger partial charge in [0.25, 0.3) is 5.56 Å². The van der Waals surface area contributed by atoms with Gasteiger partial charge in [0.2, 0.25) is 5.91 Å². The standard InChI is InChI=1S/C20H25N3O4S/c1-14-21-18-9-5-4-8-17(18)20(25)22(14)12-19(24)23(15-6-2-3-7-15)16-10-11-28(26,27)13-16/h4-5,8-9,15-16H,2-3,6-7,10-13H2,1H3. The monoisotopic (exact) mass is 403 g/mol. The number of carbonyl (C=O) groups excluding carboxylic acids is 1. The summed E-state index contributed by atoms with van der Waals surface area (Å²) in [5, 5.41) is 0.483. The number of amides is 1. The largest absolute Gasteiger partial charge is 0.334 e. The number of aromatic nitrogens is 2. The minimum Gasteiger partial charge on any atom is -0.334 e. The number of benzene rings is 1. The van der Waals surface area contributed by atoms with Gasteiger partial charge in [-0.3, -0.25) is 14.2 Å². The molecule has 1 amide bonds. The maximum Gasteiger partial charge on any atom is 0.261 e. The number of fused-ring (bicyclic) bond motifs is 1. The lowest BCUT2D eigenvalue weighted by molar-refractivity contribution is -0.136. The molecule has 150 valence electrons. The highest BCUT2D eigenvalue weighted by molar-refractivity contribution is 7.91. The van der Waals surface area contributed by atoms with Crippen LogP contribution in [-0.2, 0) is 21.2 Å². The topological polar surface area (TPSA) is 89.3 Å². The molecule has 2 aliphatic rings. The molecule has 0 N–H and O–H groups in total. The Balaban J connectivity index is 1.66. The van der Waals surface area contributed by atoms with E-state index >= 15 is 0 Å². The fourth-order valence-corrected chi connectivity index (χ4v) is 6.28. The summed E-state index contributed by atoms with van der Waals surface area (Å²) >= 11 is 0. The molecule has 2 fully saturated rings. The molecule has 1 unspecified atom stereocenters. The maximum atomic E-state index is 13.3. The van der Waals surface area contributed by atoms with Crippen molar-refractivity contribution in [1.29, 1.82) is 0 Å². The van der Waals surface area contributed by atoms with Gasteiger partial charge in [0.15, 0.2) is 9.84 Å². The van der Waals surface area contributed by atoms with Crippen LogP contribution in [0, 0.1) is 6.92 Å². The van der Waals surface area contributed by atoms with Gasteiger partial charge in [0, 0.05) is 12.1 Å². The number of aryl methyl sites for hydroxylation is 1. The Morgan fingerprint density at radius 2 is 1.89 bits per heavy atom. The number of sulfone groups is 1. The van der Waals surface area contributed by atoms with Crippen molar-refractivity contribution in [3.8, 4) is 0 Å². The normalized spacial score (nSPS) is 22.0. The van der Waals surface area contributed by atoms with Crippen LogP contribution in [0.2, 0.25) is 0 Å². The zero-order valence-corrected chi connectivity index (χ0v) is 16.8. The van der Waals surface area contributed by atoms with Crippen molar-refractivity contribution in [1.82, 2.24) is 14.5 Å². The van der Waals surface area contributed by atoms with Gasteiger partial charge in [-0.15, -0.1) is 0 Å². The van der Waals surface area contributed by atoms with E-state index in [1.54, 1.807) is 30.0 Å². The Morgan fingerprint density at radius 3 is 2.57 bits per heavy atom. The van der Waals surface area contributed by atoms with Crippen LogP contribution in [0.5, 0.6) is 0 Å². The lowest BCUT2D eigenvalue weighted by Crippen LogP contribution is -2.49. The molecule has 28 heavy (non-hydrogen) atoms. The van der Waals surface area contributed by atoms with E-state index in [1.165, 1.54) is 4.57 Å². The Hall–Kier alpha value is -2.22. The first kappa shape index (κ1) is 19.1. The van der Waals surface area contributed by atoms with Gasteiger partial charge in [-0.1, -0.05) is 25.0 Å². The quantitative estimate of drug-likeness (QED) is 0.775. The Labute approximate surface area is 164 Å². The molecule has 1 atom stereocenters. The minimum absolute atomic E-state index is 0.0269. The number of rotatable bonds is 4. The van der Waals surface area contributed by atoms with Gasteiger partial charge >= 0.3 is 0 Å². The molecule has 4 rings (SSSR count). The Morgan fingerprint density at radius 1 is 1.18 bits per heavy atom. The average molecular weight is 404 g/mol. The van der Waals surface area contributed by atoms with Crippen LogP contribution < -0.4 is 5.56 Å². The smallest absolute Gasteiger partial charge is 0.261 e. The van der Waals surface area contributed by atoms with E-state index < -0.39 is 9.84 Å². The van der Waals surface area contributed by atoms with Crippen molar-refractivity contribution in [2.75, 3.05) is 11.5 Å². The molecule has 1 aliphatic carbocycles. The fraction of sp³-hybridized carbons (Fsp3) is 0.550. The van der Waals surface area contributed by atoms with E-state index in [1.807, 2.05) is 6.07 Å². The molecular weight excluding hydrogens is 378 g/mol. The first-order valence-electron chi connectivity index (χ1n) is 9.83. The van der Waals surface area contributed by atoms with Crippen molar-refractivity contribution in [3.63, 3.8) is 0 Å². The van der Waals surface area contributed by atoms with E-state index in [-0.39, 0.29) is 41.6 Å². The summed E-state index contributed by atoms with van der Waals surface area (Å²) in [6, 6.07) is 6.88. The molecule has 7 nitrogen and oxygen atoms in total. The summed E-state index contributed by atoms with van der Waals surface area (Å²) in [6.45, 7) is 1.62. The molecule has 8 heteroatoms. The van der Waals surface area contributed by atoms with Gasteiger partial charge < -0.3 is 4.90 Å². The van der Waals surface area contributed by atoms with Gasteiger partial charge in [0.05, 0.1) is 22.4 Å². The number of nitrogens with zero attached hydrogens (tertiary/aromatic N) is 3. The highest BCUT2D eigenvalue weighted by Crippen LogP contribution is 2.29.